The molecule has 0 spiro atoms. The Morgan fingerprint density at radius 2 is 1.33 bits per heavy atom. The third-order valence-electron chi connectivity index (χ3n) is 3.01. The highest BCUT2D eigenvalue weighted by Gasteiger charge is 2.14. The van der Waals surface area contributed by atoms with Crippen molar-refractivity contribution in [2.45, 2.75) is 20.8 Å². The third kappa shape index (κ3) is 12.2. The second kappa shape index (κ2) is 13.3. The van der Waals surface area contributed by atoms with Gasteiger partial charge in [-0.3, -0.25) is 9.59 Å². The van der Waals surface area contributed by atoms with E-state index in [-0.39, 0.29) is 5.78 Å². The Labute approximate surface area is 168 Å². The van der Waals surface area contributed by atoms with Crippen molar-refractivity contribution in [1.82, 2.24) is 0 Å². The van der Waals surface area contributed by atoms with Crippen LogP contribution in [0.1, 0.15) is 34.8 Å². The summed E-state index contributed by atoms with van der Waals surface area (Å²) in [7, 11) is 25.8. The maximum atomic E-state index is 10.5. The van der Waals surface area contributed by atoms with Crippen LogP contribution in [0.5, 0.6) is 0 Å². The molecule has 4 nitrogen and oxygen atoms in total. The molecule has 0 atom stereocenters. The van der Waals surface area contributed by atoms with E-state index in [1.165, 1.54) is 13.0 Å². The molecule has 0 bridgehead atoms. The minimum Gasteiger partial charge on any atom is -0.462 e. The van der Waals surface area contributed by atoms with Crippen LogP contribution in [0, 0.1) is 13.8 Å². The number of rotatable bonds is 5. The number of carbonyl (C=O) groups is 2. The third-order valence-corrected chi connectivity index (χ3v) is 3.01. The van der Waals surface area contributed by atoms with E-state index in [4.69, 9.17) is 47.5 Å². The molecule has 0 saturated heterocycles. The fraction of sp³-hybridized carbons (Fsp3) is 0.200. The number of carbonyl (C=O) groups excluding carboxylic acids is 2. The lowest BCUT2D eigenvalue weighted by Gasteiger charge is -2.13. The standard InChI is InChI=1S/C9H10O2.C6H6O2.B8/c1-7(10)3-5-9-6-4-8(2)11-9;1-5-2-3-6(4-7)8-5;1-6(2)8(5)7(3)4/h3-6H,1-2H3;2-4H,1H3;/b5-3+;;. The van der Waals surface area contributed by atoms with Crippen LogP contribution in [-0.2, 0) is 4.79 Å². The van der Waals surface area contributed by atoms with Crippen molar-refractivity contribution in [3.05, 3.63) is 53.4 Å². The van der Waals surface area contributed by atoms with Gasteiger partial charge in [-0.05, 0) is 57.2 Å². The first-order valence-corrected chi connectivity index (χ1v) is 8.11. The SMILES string of the molecule is CC(=O)/C=C/c1ccc(C)o1.Cc1ccc(C=O)o1.[B]B([B])B([B])B([B])[B]. The number of hydrogen-bond acceptors (Lipinski definition) is 4. The molecule has 0 aromatic carbocycles. The first kappa shape index (κ1) is 25.2. The number of ketones is 1. The van der Waals surface area contributed by atoms with Gasteiger partial charge < -0.3 is 8.83 Å². The second-order valence-corrected chi connectivity index (χ2v) is 5.69. The van der Waals surface area contributed by atoms with Crippen LogP contribution in [0.15, 0.2) is 39.2 Å². The van der Waals surface area contributed by atoms with Crippen LogP contribution in [0.25, 0.3) is 6.08 Å². The van der Waals surface area contributed by atoms with E-state index in [9.17, 15) is 9.59 Å². The van der Waals surface area contributed by atoms with Gasteiger partial charge >= 0.3 is 0 Å². The summed E-state index contributed by atoms with van der Waals surface area (Å²) in [5, 5.41) is 0. The Morgan fingerprint density at radius 1 is 0.889 bits per heavy atom. The predicted octanol–water partition coefficient (Wildman–Crippen LogP) is 0.544. The Balaban J connectivity index is 0.000000384. The van der Waals surface area contributed by atoms with Crippen LogP contribution in [-0.4, -0.2) is 69.9 Å². The minimum absolute atomic E-state index is 0.0269. The Hall–Kier alpha value is -1.84. The molecule has 0 saturated carbocycles. The van der Waals surface area contributed by atoms with Gasteiger partial charge in [-0.2, -0.15) is 0 Å². The quantitative estimate of drug-likeness (QED) is 0.450. The summed E-state index contributed by atoms with van der Waals surface area (Å²) >= 11 is 0. The van der Waals surface area contributed by atoms with E-state index in [1.807, 2.05) is 19.1 Å². The summed E-state index contributed by atoms with van der Waals surface area (Å²) in [5.74, 6) is 2.76. The Bertz CT molecular complexity index is 715. The molecule has 124 valence electrons. The zero-order valence-electron chi connectivity index (χ0n) is 15.8. The summed E-state index contributed by atoms with van der Waals surface area (Å²) in [4.78, 5) is 20.4. The van der Waals surface area contributed by atoms with Crippen LogP contribution in [0.3, 0.4) is 0 Å². The van der Waals surface area contributed by atoms with E-state index in [2.05, 4.69) is 0 Å². The molecular formula is C15H16B8O4. The summed E-state index contributed by atoms with van der Waals surface area (Å²) in [5.41, 5.74) is 0. The van der Waals surface area contributed by atoms with E-state index in [0.717, 1.165) is 17.3 Å². The highest BCUT2D eigenvalue weighted by Crippen LogP contribution is 2.07. The first-order valence-electron chi connectivity index (χ1n) is 8.11. The van der Waals surface area contributed by atoms with Crippen molar-refractivity contribution in [3.63, 3.8) is 0 Å². The lowest BCUT2D eigenvalue weighted by molar-refractivity contribution is -0.112. The summed E-state index contributed by atoms with van der Waals surface area (Å²) in [6.45, 7) is 5.17. The van der Waals surface area contributed by atoms with Gasteiger partial charge in [0.1, 0.15) is 17.3 Å². The normalized spacial score (nSPS) is 9.44. The molecule has 2 heterocycles. The Kier molecular flexibility index (Phi) is 12.4. The molecule has 0 aliphatic rings. The zero-order chi connectivity index (χ0) is 21.0. The second-order valence-electron chi connectivity index (χ2n) is 5.69. The molecule has 0 unspecified atom stereocenters. The highest BCUT2D eigenvalue weighted by atomic mass is 16.3. The average molecular weight is 347 g/mol. The van der Waals surface area contributed by atoms with E-state index >= 15 is 0 Å². The maximum Gasteiger partial charge on any atom is 0.185 e. The molecule has 0 aliphatic carbocycles. The number of aryl methyl sites for hydroxylation is 2. The van der Waals surface area contributed by atoms with E-state index in [0.29, 0.717) is 12.0 Å². The smallest absolute Gasteiger partial charge is 0.185 e. The van der Waals surface area contributed by atoms with E-state index < -0.39 is 19.2 Å². The molecule has 12 heteroatoms. The summed E-state index contributed by atoms with van der Waals surface area (Å²) in [6.07, 6.45) is 2.06. The molecule has 2 rings (SSSR count). The van der Waals surface area contributed by atoms with Crippen LogP contribution >= 0.6 is 0 Å². The number of allylic oxidation sites excluding steroid dienone is 1. The zero-order valence-corrected chi connectivity index (χ0v) is 15.8. The molecule has 27 heavy (non-hydrogen) atoms. The first-order chi connectivity index (χ1) is 12.6. The van der Waals surface area contributed by atoms with Crippen molar-refractivity contribution in [1.29, 1.82) is 0 Å². The molecule has 0 amide bonds. The van der Waals surface area contributed by atoms with Gasteiger partial charge in [0.15, 0.2) is 17.8 Å². The summed E-state index contributed by atoms with van der Waals surface area (Å²) < 4.78 is 10.1. The van der Waals surface area contributed by atoms with Crippen LogP contribution in [0.2, 0.25) is 0 Å². The van der Waals surface area contributed by atoms with Crippen molar-refractivity contribution >= 4 is 76.0 Å². The monoisotopic (exact) mass is 348 g/mol. The molecule has 10 radical (unpaired) electrons. The van der Waals surface area contributed by atoms with Gasteiger partial charge in [0.25, 0.3) is 0 Å². The topological polar surface area (TPSA) is 60.4 Å². The average Bonchev–Trinajstić information content (AvgIpc) is 3.21. The lowest BCUT2D eigenvalue weighted by atomic mass is 8.68. The van der Waals surface area contributed by atoms with E-state index in [1.54, 1.807) is 25.1 Å². The number of aldehydes is 1. The van der Waals surface area contributed by atoms with Crippen molar-refractivity contribution in [3.8, 4) is 0 Å². The number of hydrogen-bond donors (Lipinski definition) is 0. The molecule has 2 aromatic heterocycles. The molecule has 2 aromatic rings. The molecule has 0 fully saturated rings. The lowest BCUT2D eigenvalue weighted by Crippen LogP contribution is -2.52. The van der Waals surface area contributed by atoms with Crippen molar-refractivity contribution in [2.75, 3.05) is 0 Å². The van der Waals surface area contributed by atoms with Gasteiger partial charge in [-0.1, -0.05) is 0 Å². The fourth-order valence-corrected chi connectivity index (χ4v) is 1.52. The van der Waals surface area contributed by atoms with Gasteiger partial charge in [0.05, 0.1) is 0 Å². The van der Waals surface area contributed by atoms with Crippen molar-refractivity contribution in [2.24, 2.45) is 0 Å². The molecule has 0 N–H and O–H groups in total. The van der Waals surface area contributed by atoms with Crippen molar-refractivity contribution < 1.29 is 18.4 Å². The van der Waals surface area contributed by atoms with Gasteiger partial charge in [-0.25, -0.2) is 0 Å². The van der Waals surface area contributed by atoms with Gasteiger partial charge in [-0.15, -0.1) is 0 Å². The van der Waals surface area contributed by atoms with Crippen LogP contribution < -0.4 is 0 Å². The fourth-order valence-electron chi connectivity index (χ4n) is 1.52. The summed E-state index contributed by atoms with van der Waals surface area (Å²) in [6, 6.07) is 7.08. The maximum absolute atomic E-state index is 10.5. The number of furan rings is 2. The van der Waals surface area contributed by atoms with Gasteiger partial charge in [0, 0.05) is 57.8 Å². The largest absolute Gasteiger partial charge is 0.462 e. The molecule has 0 aliphatic heterocycles. The minimum atomic E-state index is -0.630. The molecular weight excluding hydrogens is 331 g/mol. The van der Waals surface area contributed by atoms with Gasteiger partial charge in [0.2, 0.25) is 0 Å². The highest BCUT2D eigenvalue weighted by molar-refractivity contribution is 7.89. The predicted molar refractivity (Wildman–Crippen MR) is 118 cm³/mol. The Morgan fingerprint density at radius 3 is 1.56 bits per heavy atom. The van der Waals surface area contributed by atoms with Crippen LogP contribution in [0.4, 0.5) is 0 Å².